The fourth-order valence-corrected chi connectivity index (χ4v) is 3.04. The number of hydrogen-bond acceptors (Lipinski definition) is 3. The second-order valence-electron chi connectivity index (χ2n) is 6.18. The van der Waals surface area contributed by atoms with Crippen molar-refractivity contribution in [2.45, 2.75) is 46.6 Å². The Kier molecular flexibility index (Phi) is 6.01. The molecule has 19 heavy (non-hydrogen) atoms. The number of amides is 1. The van der Waals surface area contributed by atoms with Crippen LogP contribution in [0.1, 0.15) is 51.5 Å². The van der Waals surface area contributed by atoms with Gasteiger partial charge in [0.2, 0.25) is 5.91 Å². The van der Waals surface area contributed by atoms with Crippen LogP contribution in [0.5, 0.6) is 0 Å². The predicted octanol–water partition coefficient (Wildman–Crippen LogP) is 3.33. The van der Waals surface area contributed by atoms with E-state index in [9.17, 15) is 4.79 Å². The minimum Gasteiger partial charge on any atom is -0.348 e. The summed E-state index contributed by atoms with van der Waals surface area (Å²) in [6.07, 6.45) is 1.72. The van der Waals surface area contributed by atoms with E-state index >= 15 is 0 Å². The maximum absolute atomic E-state index is 12.3. The Morgan fingerprint density at radius 1 is 1.47 bits per heavy atom. The van der Waals surface area contributed by atoms with Crippen molar-refractivity contribution in [3.05, 3.63) is 22.4 Å². The first-order valence-corrected chi connectivity index (χ1v) is 7.79. The minimum absolute atomic E-state index is 0.0812. The van der Waals surface area contributed by atoms with Crippen LogP contribution in [0.4, 0.5) is 0 Å². The molecule has 3 N–H and O–H groups in total. The topological polar surface area (TPSA) is 55.1 Å². The van der Waals surface area contributed by atoms with E-state index in [-0.39, 0.29) is 23.3 Å². The Morgan fingerprint density at radius 3 is 2.58 bits per heavy atom. The summed E-state index contributed by atoms with van der Waals surface area (Å²) >= 11 is 1.68. The molecule has 1 heterocycles. The Labute approximate surface area is 120 Å². The van der Waals surface area contributed by atoms with E-state index in [1.54, 1.807) is 11.3 Å². The normalized spacial score (nSPS) is 15.0. The minimum atomic E-state index is -0.103. The highest BCUT2D eigenvalue weighted by Crippen LogP contribution is 2.26. The molecule has 0 spiro atoms. The van der Waals surface area contributed by atoms with Gasteiger partial charge in [-0.2, -0.15) is 0 Å². The summed E-state index contributed by atoms with van der Waals surface area (Å²) in [7, 11) is 0. The van der Waals surface area contributed by atoms with Crippen molar-refractivity contribution in [2.75, 3.05) is 6.54 Å². The molecule has 1 aromatic rings. The molecule has 1 amide bonds. The largest absolute Gasteiger partial charge is 0.348 e. The van der Waals surface area contributed by atoms with Gasteiger partial charge in [-0.15, -0.1) is 11.3 Å². The van der Waals surface area contributed by atoms with Gasteiger partial charge in [-0.1, -0.05) is 33.8 Å². The fourth-order valence-electron chi connectivity index (χ4n) is 2.18. The average molecular weight is 282 g/mol. The van der Waals surface area contributed by atoms with Crippen molar-refractivity contribution >= 4 is 17.2 Å². The standard InChI is InChI=1S/C15H26N2OS/c1-5-12(13-7-6-8-19-13)17-14(18)11(10-16)9-15(2,3)4/h6-8,11-12H,5,9-10,16H2,1-4H3,(H,17,18). The maximum Gasteiger partial charge on any atom is 0.224 e. The molecule has 2 atom stereocenters. The zero-order valence-corrected chi connectivity index (χ0v) is 13.2. The number of carbonyl (C=O) groups is 1. The quantitative estimate of drug-likeness (QED) is 0.841. The van der Waals surface area contributed by atoms with E-state index in [1.165, 1.54) is 4.88 Å². The molecular formula is C15H26N2OS. The smallest absolute Gasteiger partial charge is 0.224 e. The van der Waals surface area contributed by atoms with E-state index in [0.717, 1.165) is 12.8 Å². The zero-order valence-electron chi connectivity index (χ0n) is 12.4. The van der Waals surface area contributed by atoms with Crippen molar-refractivity contribution in [3.8, 4) is 0 Å². The van der Waals surface area contributed by atoms with E-state index in [2.05, 4.69) is 39.1 Å². The predicted molar refractivity (Wildman–Crippen MR) is 82.1 cm³/mol. The molecule has 0 radical (unpaired) electrons. The number of carbonyl (C=O) groups excluding carboxylic acids is 1. The van der Waals surface area contributed by atoms with Crippen LogP contribution in [-0.2, 0) is 4.79 Å². The number of hydrogen-bond donors (Lipinski definition) is 2. The summed E-state index contributed by atoms with van der Waals surface area (Å²) in [6, 6.07) is 4.20. The molecule has 0 fully saturated rings. The lowest BCUT2D eigenvalue weighted by atomic mass is 9.84. The molecule has 1 aromatic heterocycles. The number of rotatable bonds is 6. The highest BCUT2D eigenvalue weighted by Gasteiger charge is 2.25. The first kappa shape index (κ1) is 16.2. The fraction of sp³-hybridized carbons (Fsp3) is 0.667. The van der Waals surface area contributed by atoms with Crippen LogP contribution in [0.25, 0.3) is 0 Å². The van der Waals surface area contributed by atoms with Crippen molar-refractivity contribution < 1.29 is 4.79 Å². The molecule has 0 saturated heterocycles. The molecule has 0 aromatic carbocycles. The third-order valence-electron chi connectivity index (χ3n) is 3.13. The Morgan fingerprint density at radius 2 is 2.16 bits per heavy atom. The molecule has 3 nitrogen and oxygen atoms in total. The summed E-state index contributed by atoms with van der Waals surface area (Å²) in [4.78, 5) is 13.5. The lowest BCUT2D eigenvalue weighted by Gasteiger charge is -2.26. The van der Waals surface area contributed by atoms with Crippen LogP contribution >= 0.6 is 11.3 Å². The van der Waals surface area contributed by atoms with Crippen molar-refractivity contribution in [1.82, 2.24) is 5.32 Å². The first-order chi connectivity index (χ1) is 8.87. The molecule has 0 aliphatic rings. The number of thiophene rings is 1. The van der Waals surface area contributed by atoms with Crippen LogP contribution in [0.2, 0.25) is 0 Å². The average Bonchev–Trinajstić information content (AvgIpc) is 2.85. The first-order valence-electron chi connectivity index (χ1n) is 6.91. The van der Waals surface area contributed by atoms with Crippen molar-refractivity contribution in [3.63, 3.8) is 0 Å². The molecule has 4 heteroatoms. The Balaban J connectivity index is 2.65. The van der Waals surface area contributed by atoms with Crippen LogP contribution in [0.3, 0.4) is 0 Å². The van der Waals surface area contributed by atoms with E-state index in [1.807, 2.05) is 11.4 Å². The molecular weight excluding hydrogens is 256 g/mol. The lowest BCUT2D eigenvalue weighted by molar-refractivity contribution is -0.126. The molecule has 1 rings (SSSR count). The van der Waals surface area contributed by atoms with Gasteiger partial charge in [0, 0.05) is 11.4 Å². The molecule has 0 saturated carbocycles. The number of nitrogens with one attached hydrogen (secondary N) is 1. The zero-order chi connectivity index (χ0) is 14.5. The summed E-state index contributed by atoms with van der Waals surface area (Å²) in [6.45, 7) is 8.91. The van der Waals surface area contributed by atoms with E-state index < -0.39 is 0 Å². The monoisotopic (exact) mass is 282 g/mol. The van der Waals surface area contributed by atoms with Gasteiger partial charge in [0.15, 0.2) is 0 Å². The van der Waals surface area contributed by atoms with Gasteiger partial charge in [0.1, 0.15) is 0 Å². The van der Waals surface area contributed by atoms with Gasteiger partial charge in [0.05, 0.1) is 12.0 Å². The molecule has 0 aliphatic heterocycles. The van der Waals surface area contributed by atoms with Crippen molar-refractivity contribution in [1.29, 1.82) is 0 Å². The second kappa shape index (κ2) is 7.06. The maximum atomic E-state index is 12.3. The third-order valence-corrected chi connectivity index (χ3v) is 4.11. The van der Waals surface area contributed by atoms with Gasteiger partial charge in [0.25, 0.3) is 0 Å². The highest BCUT2D eigenvalue weighted by molar-refractivity contribution is 7.10. The molecule has 2 unspecified atom stereocenters. The van der Waals surface area contributed by atoms with Gasteiger partial charge in [-0.25, -0.2) is 0 Å². The summed E-state index contributed by atoms with van der Waals surface area (Å²) in [5, 5.41) is 5.18. The molecule has 0 aliphatic carbocycles. The summed E-state index contributed by atoms with van der Waals surface area (Å²) in [5.41, 5.74) is 5.88. The van der Waals surface area contributed by atoms with E-state index in [0.29, 0.717) is 6.54 Å². The summed E-state index contributed by atoms with van der Waals surface area (Å²) in [5.74, 6) is -0.0216. The van der Waals surface area contributed by atoms with Gasteiger partial charge in [-0.3, -0.25) is 4.79 Å². The van der Waals surface area contributed by atoms with Gasteiger partial charge < -0.3 is 11.1 Å². The molecule has 108 valence electrons. The van der Waals surface area contributed by atoms with Gasteiger partial charge >= 0.3 is 0 Å². The Bertz CT molecular complexity index is 381. The third kappa shape index (κ3) is 5.33. The SMILES string of the molecule is CCC(NC(=O)C(CN)CC(C)(C)C)c1cccs1. The Hall–Kier alpha value is -0.870. The van der Waals surface area contributed by atoms with Gasteiger partial charge in [-0.05, 0) is 29.7 Å². The van der Waals surface area contributed by atoms with Crippen LogP contribution in [-0.4, -0.2) is 12.5 Å². The lowest BCUT2D eigenvalue weighted by Crippen LogP contribution is -2.38. The van der Waals surface area contributed by atoms with Crippen LogP contribution < -0.4 is 11.1 Å². The highest BCUT2D eigenvalue weighted by atomic mass is 32.1. The van der Waals surface area contributed by atoms with Crippen molar-refractivity contribution in [2.24, 2.45) is 17.1 Å². The number of nitrogens with two attached hydrogens (primary N) is 1. The van der Waals surface area contributed by atoms with Crippen LogP contribution in [0, 0.1) is 11.3 Å². The summed E-state index contributed by atoms with van der Waals surface area (Å²) < 4.78 is 0. The molecule has 0 bridgehead atoms. The van der Waals surface area contributed by atoms with Crippen LogP contribution in [0.15, 0.2) is 17.5 Å². The second-order valence-corrected chi connectivity index (χ2v) is 7.16. The van der Waals surface area contributed by atoms with E-state index in [4.69, 9.17) is 5.73 Å².